The first-order valence-corrected chi connectivity index (χ1v) is 3.85. The normalized spacial score (nSPS) is 15.9. The summed E-state index contributed by atoms with van der Waals surface area (Å²) in [7, 11) is 0. The summed E-state index contributed by atoms with van der Waals surface area (Å²) in [4.78, 5) is 0. The first-order valence-electron chi connectivity index (χ1n) is 3.85. The van der Waals surface area contributed by atoms with E-state index >= 15 is 0 Å². The van der Waals surface area contributed by atoms with Crippen molar-refractivity contribution in [1.29, 1.82) is 0 Å². The molecule has 2 rings (SSSR count). The highest BCUT2D eigenvalue weighted by atomic mass is 15.4. The summed E-state index contributed by atoms with van der Waals surface area (Å²) < 4.78 is 1.77. The fraction of sp³-hybridized carbons (Fsp3) is 0.571. The molecule has 1 aliphatic rings. The van der Waals surface area contributed by atoms with Crippen molar-refractivity contribution >= 4 is 5.71 Å². The monoisotopic (exact) mass is 150 g/mol. The second-order valence-electron chi connectivity index (χ2n) is 2.61. The molecular weight excluding hydrogens is 140 g/mol. The highest BCUT2D eigenvalue weighted by molar-refractivity contribution is 5.84. The topological polar surface area (TPSA) is 43.1 Å². The smallest absolute Gasteiger partial charge is 0.154 e. The Hall–Kier alpha value is -1.19. The van der Waals surface area contributed by atoms with Crippen LogP contribution in [-0.4, -0.2) is 20.6 Å². The zero-order valence-corrected chi connectivity index (χ0v) is 6.49. The van der Waals surface area contributed by atoms with Crippen molar-refractivity contribution in [3.05, 3.63) is 12.2 Å². The van der Waals surface area contributed by atoms with E-state index in [9.17, 15) is 0 Å². The van der Waals surface area contributed by atoms with Crippen LogP contribution in [0.15, 0.2) is 11.4 Å². The minimum atomic E-state index is 0.974. The van der Waals surface area contributed by atoms with E-state index < -0.39 is 0 Å². The molecule has 11 heavy (non-hydrogen) atoms. The summed E-state index contributed by atoms with van der Waals surface area (Å²) in [5.74, 6) is 0.974. The Kier molecular flexibility index (Phi) is 1.45. The van der Waals surface area contributed by atoms with Gasteiger partial charge in [0.2, 0.25) is 0 Å². The van der Waals surface area contributed by atoms with Gasteiger partial charge in [0.25, 0.3) is 0 Å². The quantitative estimate of drug-likeness (QED) is 0.595. The maximum atomic E-state index is 4.33. The lowest BCUT2D eigenvalue weighted by Crippen LogP contribution is -2.11. The Bertz CT molecular complexity index is 286. The van der Waals surface area contributed by atoms with Gasteiger partial charge in [-0.1, -0.05) is 6.92 Å². The molecule has 0 bridgehead atoms. The molecule has 58 valence electrons. The van der Waals surface area contributed by atoms with Crippen LogP contribution >= 0.6 is 0 Å². The Morgan fingerprint density at radius 2 is 2.45 bits per heavy atom. The predicted octanol–water partition coefficient (Wildman–Crippen LogP) is 0.838. The van der Waals surface area contributed by atoms with Crippen molar-refractivity contribution in [3.63, 3.8) is 0 Å². The van der Waals surface area contributed by atoms with Crippen LogP contribution in [0.3, 0.4) is 0 Å². The van der Waals surface area contributed by atoms with Gasteiger partial charge in [-0.25, -0.2) is 4.68 Å². The van der Waals surface area contributed by atoms with Gasteiger partial charge in [-0.15, -0.1) is 10.2 Å². The molecule has 4 heteroatoms. The predicted molar refractivity (Wildman–Crippen MR) is 41.5 cm³/mol. The average Bonchev–Trinajstić information content (AvgIpc) is 2.50. The minimum absolute atomic E-state index is 0.974. The molecule has 0 N–H and O–H groups in total. The summed E-state index contributed by atoms with van der Waals surface area (Å²) in [5.41, 5.74) is 1.23. The summed E-state index contributed by atoms with van der Waals surface area (Å²) >= 11 is 0. The summed E-state index contributed by atoms with van der Waals surface area (Å²) in [6.07, 6.45) is 4.70. The molecule has 0 saturated carbocycles. The van der Waals surface area contributed by atoms with Crippen LogP contribution < -0.4 is 0 Å². The Morgan fingerprint density at radius 3 is 3.27 bits per heavy atom. The molecule has 0 fully saturated rings. The van der Waals surface area contributed by atoms with Gasteiger partial charge < -0.3 is 0 Å². The van der Waals surface area contributed by atoms with E-state index in [4.69, 9.17) is 0 Å². The summed E-state index contributed by atoms with van der Waals surface area (Å²) in [5, 5.41) is 12.0. The van der Waals surface area contributed by atoms with Crippen LogP contribution in [0.5, 0.6) is 0 Å². The fourth-order valence-electron chi connectivity index (χ4n) is 1.21. The number of aryl methyl sites for hydroxylation is 1. The minimum Gasteiger partial charge on any atom is -0.205 e. The van der Waals surface area contributed by atoms with E-state index in [-0.39, 0.29) is 0 Å². The molecule has 1 aliphatic heterocycles. The Balaban J connectivity index is 2.37. The van der Waals surface area contributed by atoms with E-state index in [1.54, 1.807) is 11.0 Å². The van der Waals surface area contributed by atoms with E-state index in [0.717, 1.165) is 25.1 Å². The molecule has 0 atom stereocenters. The van der Waals surface area contributed by atoms with Crippen molar-refractivity contribution in [3.8, 4) is 0 Å². The highest BCUT2D eigenvalue weighted by Gasteiger charge is 2.10. The second kappa shape index (κ2) is 2.45. The SMILES string of the molecule is CCC1=Nn2cnnc2CC1. The highest BCUT2D eigenvalue weighted by Crippen LogP contribution is 2.09. The third-order valence-corrected chi connectivity index (χ3v) is 1.89. The van der Waals surface area contributed by atoms with Crippen molar-refractivity contribution in [2.24, 2.45) is 5.10 Å². The number of hydrogen-bond acceptors (Lipinski definition) is 3. The van der Waals surface area contributed by atoms with Gasteiger partial charge in [-0.2, -0.15) is 5.10 Å². The first-order chi connectivity index (χ1) is 5.40. The van der Waals surface area contributed by atoms with Crippen LogP contribution in [0.2, 0.25) is 0 Å². The number of hydrogen-bond donors (Lipinski definition) is 0. The van der Waals surface area contributed by atoms with Gasteiger partial charge in [-0.3, -0.25) is 0 Å². The van der Waals surface area contributed by atoms with Crippen molar-refractivity contribution in [1.82, 2.24) is 14.9 Å². The van der Waals surface area contributed by atoms with Gasteiger partial charge in [0.15, 0.2) is 5.82 Å². The van der Waals surface area contributed by atoms with Gasteiger partial charge in [0.05, 0.1) is 0 Å². The maximum Gasteiger partial charge on any atom is 0.154 e. The number of aromatic nitrogens is 3. The third-order valence-electron chi connectivity index (χ3n) is 1.89. The van der Waals surface area contributed by atoms with Crippen LogP contribution in [0, 0.1) is 0 Å². The second-order valence-corrected chi connectivity index (χ2v) is 2.61. The molecule has 0 aromatic carbocycles. The van der Waals surface area contributed by atoms with Gasteiger partial charge in [0.1, 0.15) is 6.33 Å². The van der Waals surface area contributed by atoms with Gasteiger partial charge >= 0.3 is 0 Å². The molecule has 0 aliphatic carbocycles. The molecule has 0 saturated heterocycles. The standard InChI is InChI=1S/C7H10N4/c1-2-6-3-4-7-9-8-5-11(7)10-6/h5H,2-4H2,1H3. The van der Waals surface area contributed by atoms with E-state index in [0.29, 0.717) is 0 Å². The molecule has 0 unspecified atom stereocenters. The number of fused-ring (bicyclic) bond motifs is 1. The molecule has 1 aromatic rings. The van der Waals surface area contributed by atoms with Crippen molar-refractivity contribution in [2.45, 2.75) is 26.2 Å². The van der Waals surface area contributed by atoms with Crippen molar-refractivity contribution < 1.29 is 0 Å². The molecule has 0 spiro atoms. The van der Waals surface area contributed by atoms with Crippen molar-refractivity contribution in [2.75, 3.05) is 0 Å². The molecule has 0 amide bonds. The fourth-order valence-corrected chi connectivity index (χ4v) is 1.21. The average molecular weight is 150 g/mol. The largest absolute Gasteiger partial charge is 0.205 e. The Labute approximate surface area is 64.9 Å². The lowest BCUT2D eigenvalue weighted by Gasteiger charge is -2.09. The lowest BCUT2D eigenvalue weighted by molar-refractivity contribution is 0.721. The van der Waals surface area contributed by atoms with Gasteiger partial charge in [-0.05, 0) is 12.8 Å². The van der Waals surface area contributed by atoms with E-state index in [1.807, 2.05) is 0 Å². The lowest BCUT2D eigenvalue weighted by atomic mass is 10.1. The first kappa shape index (κ1) is 6.52. The van der Waals surface area contributed by atoms with Crippen LogP contribution in [0.25, 0.3) is 0 Å². The summed E-state index contributed by atoms with van der Waals surface area (Å²) in [6, 6.07) is 0. The number of rotatable bonds is 1. The van der Waals surface area contributed by atoms with Crippen LogP contribution in [-0.2, 0) is 6.42 Å². The van der Waals surface area contributed by atoms with E-state index in [1.165, 1.54) is 5.71 Å². The molecule has 4 nitrogen and oxygen atoms in total. The molecule has 1 aromatic heterocycles. The van der Waals surface area contributed by atoms with E-state index in [2.05, 4.69) is 22.2 Å². The maximum absolute atomic E-state index is 4.33. The van der Waals surface area contributed by atoms with Crippen LogP contribution in [0.1, 0.15) is 25.6 Å². The summed E-state index contributed by atoms with van der Waals surface area (Å²) in [6.45, 7) is 2.12. The molecule has 0 radical (unpaired) electrons. The number of nitrogens with zero attached hydrogens (tertiary/aromatic N) is 4. The zero-order valence-electron chi connectivity index (χ0n) is 6.49. The molecular formula is C7H10N4. The zero-order chi connectivity index (χ0) is 7.68. The Morgan fingerprint density at radius 1 is 1.55 bits per heavy atom. The van der Waals surface area contributed by atoms with Crippen LogP contribution in [0.4, 0.5) is 0 Å². The molecule has 2 heterocycles. The van der Waals surface area contributed by atoms with Gasteiger partial charge in [0, 0.05) is 12.1 Å². The third kappa shape index (κ3) is 1.04.